The monoisotopic (exact) mass is 297 g/mol. The van der Waals surface area contributed by atoms with Gasteiger partial charge in [-0.05, 0) is 49.6 Å². The van der Waals surface area contributed by atoms with Gasteiger partial charge in [-0.3, -0.25) is 4.79 Å². The lowest BCUT2D eigenvalue weighted by atomic mass is 10.1. The summed E-state index contributed by atoms with van der Waals surface area (Å²) in [7, 11) is 0. The van der Waals surface area contributed by atoms with E-state index in [2.05, 4.69) is 18.3 Å². The molecule has 0 unspecified atom stereocenters. The van der Waals surface area contributed by atoms with Gasteiger partial charge in [-0.25, -0.2) is 0 Å². The number of hydrogen-bond acceptors (Lipinski definition) is 2. The zero-order valence-electron chi connectivity index (χ0n) is 13.5. The van der Waals surface area contributed by atoms with Crippen molar-refractivity contribution in [2.24, 2.45) is 0 Å². The fraction of sp³-hybridized carbons (Fsp3) is 0.316. The van der Waals surface area contributed by atoms with Crippen molar-refractivity contribution in [3.05, 3.63) is 59.2 Å². The highest BCUT2D eigenvalue weighted by Crippen LogP contribution is 2.16. The number of ether oxygens (including phenoxy) is 1. The smallest absolute Gasteiger partial charge is 0.227 e. The van der Waals surface area contributed by atoms with Gasteiger partial charge < -0.3 is 10.1 Å². The van der Waals surface area contributed by atoms with Crippen LogP contribution in [0.5, 0.6) is 5.75 Å². The average Bonchev–Trinajstić information content (AvgIpc) is 2.51. The number of benzene rings is 2. The molecular weight excluding hydrogens is 274 g/mol. The summed E-state index contributed by atoms with van der Waals surface area (Å²) in [6.07, 6.45) is 1.35. The largest absolute Gasteiger partial charge is 0.493 e. The SMILES string of the molecule is CCc1ccc(OCCC(=O)Nc2ccc(C)cc2C)cc1. The van der Waals surface area contributed by atoms with Gasteiger partial charge in [0, 0.05) is 5.69 Å². The van der Waals surface area contributed by atoms with Crippen molar-refractivity contribution in [2.45, 2.75) is 33.6 Å². The van der Waals surface area contributed by atoms with Gasteiger partial charge in [0.1, 0.15) is 5.75 Å². The van der Waals surface area contributed by atoms with Gasteiger partial charge in [-0.1, -0.05) is 36.8 Å². The Morgan fingerprint density at radius 2 is 1.82 bits per heavy atom. The van der Waals surface area contributed by atoms with Crippen LogP contribution >= 0.6 is 0 Å². The second-order valence-electron chi connectivity index (χ2n) is 5.46. The van der Waals surface area contributed by atoms with E-state index in [1.807, 2.05) is 50.2 Å². The second-order valence-corrected chi connectivity index (χ2v) is 5.46. The number of amides is 1. The Hall–Kier alpha value is -2.29. The van der Waals surface area contributed by atoms with Gasteiger partial charge in [-0.2, -0.15) is 0 Å². The first-order chi connectivity index (χ1) is 10.6. The lowest BCUT2D eigenvalue weighted by Gasteiger charge is -2.10. The first-order valence-corrected chi connectivity index (χ1v) is 7.67. The first kappa shape index (κ1) is 16.1. The third-order valence-electron chi connectivity index (χ3n) is 3.59. The minimum Gasteiger partial charge on any atom is -0.493 e. The molecule has 0 radical (unpaired) electrons. The van der Waals surface area contributed by atoms with E-state index in [0.717, 1.165) is 23.4 Å². The van der Waals surface area contributed by atoms with Crippen molar-refractivity contribution in [2.75, 3.05) is 11.9 Å². The van der Waals surface area contributed by atoms with Gasteiger partial charge >= 0.3 is 0 Å². The van der Waals surface area contributed by atoms with Crippen molar-refractivity contribution in [3.63, 3.8) is 0 Å². The molecule has 3 nitrogen and oxygen atoms in total. The van der Waals surface area contributed by atoms with E-state index in [1.54, 1.807) is 0 Å². The number of rotatable bonds is 6. The van der Waals surface area contributed by atoms with E-state index in [1.165, 1.54) is 11.1 Å². The molecule has 0 fully saturated rings. The standard InChI is InChI=1S/C19H23NO2/c1-4-16-6-8-17(9-7-16)22-12-11-19(21)20-18-10-5-14(2)13-15(18)3/h5-10,13H,4,11-12H2,1-3H3,(H,20,21). The highest BCUT2D eigenvalue weighted by Gasteiger charge is 2.05. The maximum Gasteiger partial charge on any atom is 0.227 e. The molecular formula is C19H23NO2. The molecule has 0 aliphatic carbocycles. The number of carbonyl (C=O) groups excluding carboxylic acids is 1. The summed E-state index contributed by atoms with van der Waals surface area (Å²) >= 11 is 0. The Balaban J connectivity index is 1.79. The van der Waals surface area contributed by atoms with Gasteiger partial charge in [0.05, 0.1) is 13.0 Å². The Bertz CT molecular complexity index is 632. The normalized spacial score (nSPS) is 10.3. The van der Waals surface area contributed by atoms with Crippen LogP contribution in [0.25, 0.3) is 0 Å². The van der Waals surface area contributed by atoms with Gasteiger partial charge in [0.25, 0.3) is 0 Å². The molecule has 22 heavy (non-hydrogen) atoms. The number of anilines is 1. The molecule has 3 heteroatoms. The van der Waals surface area contributed by atoms with Crippen LogP contribution in [-0.4, -0.2) is 12.5 Å². The molecule has 0 saturated heterocycles. The molecule has 0 aromatic heterocycles. The average molecular weight is 297 g/mol. The molecule has 1 amide bonds. The summed E-state index contributed by atoms with van der Waals surface area (Å²) in [4.78, 5) is 11.9. The summed E-state index contributed by atoms with van der Waals surface area (Å²) in [5.74, 6) is 0.772. The predicted octanol–water partition coefficient (Wildman–Crippen LogP) is 4.27. The van der Waals surface area contributed by atoms with E-state index in [9.17, 15) is 4.79 Å². The Morgan fingerprint density at radius 3 is 2.45 bits per heavy atom. The molecule has 0 bridgehead atoms. The van der Waals surface area contributed by atoms with E-state index >= 15 is 0 Å². The van der Waals surface area contributed by atoms with Crippen molar-refractivity contribution in [1.82, 2.24) is 0 Å². The Morgan fingerprint density at radius 1 is 1.09 bits per heavy atom. The maximum absolute atomic E-state index is 11.9. The van der Waals surface area contributed by atoms with Crippen molar-refractivity contribution >= 4 is 11.6 Å². The van der Waals surface area contributed by atoms with E-state index in [0.29, 0.717) is 13.0 Å². The van der Waals surface area contributed by atoms with Gasteiger partial charge in [-0.15, -0.1) is 0 Å². The lowest BCUT2D eigenvalue weighted by molar-refractivity contribution is -0.116. The second kappa shape index (κ2) is 7.64. The lowest BCUT2D eigenvalue weighted by Crippen LogP contribution is -2.15. The number of nitrogens with one attached hydrogen (secondary N) is 1. The first-order valence-electron chi connectivity index (χ1n) is 7.67. The minimum atomic E-state index is -0.0304. The molecule has 2 aromatic rings. The predicted molar refractivity (Wildman–Crippen MR) is 90.5 cm³/mol. The topological polar surface area (TPSA) is 38.3 Å². The van der Waals surface area contributed by atoms with Crippen molar-refractivity contribution in [3.8, 4) is 5.75 Å². The molecule has 2 rings (SSSR count). The maximum atomic E-state index is 11.9. The Kier molecular flexibility index (Phi) is 5.59. The van der Waals surface area contributed by atoms with Crippen LogP contribution in [0.1, 0.15) is 30.0 Å². The van der Waals surface area contributed by atoms with Crippen molar-refractivity contribution in [1.29, 1.82) is 0 Å². The summed E-state index contributed by atoms with van der Waals surface area (Å²) in [5, 5.41) is 2.92. The highest BCUT2D eigenvalue weighted by molar-refractivity contribution is 5.91. The molecule has 0 saturated carbocycles. The van der Waals surface area contributed by atoms with Crippen LogP contribution in [0.15, 0.2) is 42.5 Å². The van der Waals surface area contributed by atoms with Crippen LogP contribution in [0.4, 0.5) is 5.69 Å². The minimum absolute atomic E-state index is 0.0304. The molecule has 0 atom stereocenters. The van der Waals surface area contributed by atoms with Crippen molar-refractivity contribution < 1.29 is 9.53 Å². The summed E-state index contributed by atoms with van der Waals surface area (Å²) in [5.41, 5.74) is 4.40. The van der Waals surface area contributed by atoms with E-state index in [4.69, 9.17) is 4.74 Å². The van der Waals surface area contributed by atoms with E-state index < -0.39 is 0 Å². The molecule has 1 N–H and O–H groups in total. The van der Waals surface area contributed by atoms with Crippen LogP contribution < -0.4 is 10.1 Å². The zero-order chi connectivity index (χ0) is 15.9. The quantitative estimate of drug-likeness (QED) is 0.864. The molecule has 116 valence electrons. The zero-order valence-corrected chi connectivity index (χ0v) is 13.5. The molecule has 0 spiro atoms. The van der Waals surface area contributed by atoms with Crippen LogP contribution in [0, 0.1) is 13.8 Å². The third kappa shape index (κ3) is 4.62. The summed E-state index contributed by atoms with van der Waals surface area (Å²) in [6, 6.07) is 14.0. The number of carbonyl (C=O) groups is 1. The highest BCUT2D eigenvalue weighted by atomic mass is 16.5. The molecule has 0 aliphatic rings. The summed E-state index contributed by atoms with van der Waals surface area (Å²) < 4.78 is 5.60. The van der Waals surface area contributed by atoms with Crippen LogP contribution in [0.3, 0.4) is 0 Å². The molecule has 2 aromatic carbocycles. The third-order valence-corrected chi connectivity index (χ3v) is 3.59. The van der Waals surface area contributed by atoms with Gasteiger partial charge in [0.15, 0.2) is 0 Å². The van der Waals surface area contributed by atoms with Crippen LogP contribution in [-0.2, 0) is 11.2 Å². The Labute approximate surface area is 132 Å². The molecule has 0 aliphatic heterocycles. The number of aryl methyl sites for hydroxylation is 3. The summed E-state index contributed by atoms with van der Waals surface area (Å²) in [6.45, 7) is 6.53. The molecule has 0 heterocycles. The fourth-order valence-corrected chi connectivity index (χ4v) is 2.25. The van der Waals surface area contributed by atoms with Gasteiger partial charge in [0.2, 0.25) is 5.91 Å². The fourth-order valence-electron chi connectivity index (χ4n) is 2.25. The van der Waals surface area contributed by atoms with Crippen LogP contribution in [0.2, 0.25) is 0 Å². The van der Waals surface area contributed by atoms with E-state index in [-0.39, 0.29) is 5.91 Å². The number of hydrogen-bond donors (Lipinski definition) is 1.